The number of hydrogen-bond donors (Lipinski definition) is 2. The molecule has 1 atom stereocenters. The SMILES string of the molecule is Cc1cccc(CNC(=O)C2CCCN2)c1F. The first-order chi connectivity index (χ1) is 8.18. The molecular weight excluding hydrogens is 219 g/mol. The predicted octanol–water partition coefficient (Wildman–Crippen LogP) is 1.50. The third-order valence-electron chi connectivity index (χ3n) is 3.10. The van der Waals surface area contributed by atoms with Crippen molar-refractivity contribution in [2.45, 2.75) is 32.4 Å². The van der Waals surface area contributed by atoms with E-state index in [2.05, 4.69) is 10.6 Å². The Morgan fingerprint density at radius 1 is 1.59 bits per heavy atom. The molecule has 1 unspecified atom stereocenters. The van der Waals surface area contributed by atoms with Gasteiger partial charge in [-0.3, -0.25) is 4.79 Å². The van der Waals surface area contributed by atoms with Crippen LogP contribution < -0.4 is 10.6 Å². The Kier molecular flexibility index (Phi) is 3.74. The monoisotopic (exact) mass is 236 g/mol. The van der Waals surface area contributed by atoms with Gasteiger partial charge in [0.25, 0.3) is 0 Å². The minimum Gasteiger partial charge on any atom is -0.351 e. The first-order valence-corrected chi connectivity index (χ1v) is 5.93. The van der Waals surface area contributed by atoms with Crippen LogP contribution in [0.1, 0.15) is 24.0 Å². The molecule has 1 aliphatic rings. The van der Waals surface area contributed by atoms with Crippen LogP contribution in [-0.4, -0.2) is 18.5 Å². The van der Waals surface area contributed by atoms with Crippen molar-refractivity contribution in [3.8, 4) is 0 Å². The molecule has 92 valence electrons. The minimum atomic E-state index is -0.229. The van der Waals surface area contributed by atoms with Gasteiger partial charge >= 0.3 is 0 Å². The summed E-state index contributed by atoms with van der Waals surface area (Å²) in [5.74, 6) is -0.268. The Morgan fingerprint density at radius 3 is 3.12 bits per heavy atom. The number of carbonyl (C=O) groups excluding carboxylic acids is 1. The van der Waals surface area contributed by atoms with E-state index in [9.17, 15) is 9.18 Å². The molecule has 1 amide bonds. The smallest absolute Gasteiger partial charge is 0.237 e. The quantitative estimate of drug-likeness (QED) is 0.835. The third-order valence-corrected chi connectivity index (χ3v) is 3.10. The Hall–Kier alpha value is -1.42. The molecule has 0 aromatic heterocycles. The zero-order valence-electron chi connectivity index (χ0n) is 9.92. The van der Waals surface area contributed by atoms with Crippen molar-refractivity contribution in [1.29, 1.82) is 0 Å². The normalized spacial score (nSPS) is 19.3. The van der Waals surface area contributed by atoms with Crippen LogP contribution in [0.25, 0.3) is 0 Å². The number of rotatable bonds is 3. The van der Waals surface area contributed by atoms with Crippen LogP contribution in [0.5, 0.6) is 0 Å². The van der Waals surface area contributed by atoms with Crippen LogP contribution in [0.15, 0.2) is 18.2 Å². The van der Waals surface area contributed by atoms with Gasteiger partial charge in [0.05, 0.1) is 6.04 Å². The molecule has 1 aromatic carbocycles. The second kappa shape index (κ2) is 5.27. The van der Waals surface area contributed by atoms with Crippen LogP contribution in [0.2, 0.25) is 0 Å². The van der Waals surface area contributed by atoms with Crippen molar-refractivity contribution in [2.24, 2.45) is 0 Å². The summed E-state index contributed by atoms with van der Waals surface area (Å²) in [6.07, 6.45) is 1.89. The number of nitrogens with one attached hydrogen (secondary N) is 2. The summed E-state index contributed by atoms with van der Waals surface area (Å²) in [7, 11) is 0. The van der Waals surface area contributed by atoms with Crippen molar-refractivity contribution in [3.05, 3.63) is 35.1 Å². The molecule has 1 saturated heterocycles. The maximum Gasteiger partial charge on any atom is 0.237 e. The van der Waals surface area contributed by atoms with Crippen LogP contribution in [-0.2, 0) is 11.3 Å². The average molecular weight is 236 g/mol. The Morgan fingerprint density at radius 2 is 2.41 bits per heavy atom. The summed E-state index contributed by atoms with van der Waals surface area (Å²) in [5.41, 5.74) is 1.15. The molecule has 2 N–H and O–H groups in total. The number of benzene rings is 1. The van der Waals surface area contributed by atoms with Gasteiger partial charge < -0.3 is 10.6 Å². The lowest BCUT2D eigenvalue weighted by Crippen LogP contribution is -2.40. The van der Waals surface area contributed by atoms with E-state index in [0.717, 1.165) is 19.4 Å². The highest BCUT2D eigenvalue weighted by Gasteiger charge is 2.21. The van der Waals surface area contributed by atoms with Crippen molar-refractivity contribution in [3.63, 3.8) is 0 Å². The highest BCUT2D eigenvalue weighted by Crippen LogP contribution is 2.12. The fraction of sp³-hybridized carbons (Fsp3) is 0.462. The van der Waals surface area contributed by atoms with Gasteiger partial charge in [0, 0.05) is 12.1 Å². The molecule has 1 fully saturated rings. The molecule has 0 bridgehead atoms. The van der Waals surface area contributed by atoms with E-state index >= 15 is 0 Å². The van der Waals surface area contributed by atoms with Gasteiger partial charge in [0.15, 0.2) is 0 Å². The second-order valence-corrected chi connectivity index (χ2v) is 4.41. The van der Waals surface area contributed by atoms with E-state index in [-0.39, 0.29) is 24.3 Å². The fourth-order valence-corrected chi connectivity index (χ4v) is 2.06. The van der Waals surface area contributed by atoms with Crippen LogP contribution in [0.4, 0.5) is 4.39 Å². The Balaban J connectivity index is 1.93. The van der Waals surface area contributed by atoms with E-state index in [4.69, 9.17) is 0 Å². The molecule has 0 saturated carbocycles. The molecule has 1 aromatic rings. The Bertz CT molecular complexity index is 414. The summed E-state index contributed by atoms with van der Waals surface area (Å²) < 4.78 is 13.7. The van der Waals surface area contributed by atoms with Crippen LogP contribution in [0.3, 0.4) is 0 Å². The lowest BCUT2D eigenvalue weighted by atomic mass is 10.1. The van der Waals surface area contributed by atoms with Crippen molar-refractivity contribution in [2.75, 3.05) is 6.54 Å². The van der Waals surface area contributed by atoms with Crippen molar-refractivity contribution < 1.29 is 9.18 Å². The highest BCUT2D eigenvalue weighted by atomic mass is 19.1. The zero-order chi connectivity index (χ0) is 12.3. The predicted molar refractivity (Wildman–Crippen MR) is 64.0 cm³/mol. The maximum absolute atomic E-state index is 13.7. The number of carbonyl (C=O) groups is 1. The molecule has 4 heteroatoms. The number of halogens is 1. The standard InChI is InChI=1S/C13H17FN2O/c1-9-4-2-5-10(12(9)14)8-16-13(17)11-6-3-7-15-11/h2,4-5,11,15H,3,6-8H2,1H3,(H,16,17). The summed E-state index contributed by atoms with van der Waals surface area (Å²) >= 11 is 0. The van der Waals surface area contributed by atoms with Gasteiger partial charge in [-0.1, -0.05) is 18.2 Å². The van der Waals surface area contributed by atoms with Crippen LogP contribution in [0, 0.1) is 12.7 Å². The lowest BCUT2D eigenvalue weighted by molar-refractivity contribution is -0.122. The number of aryl methyl sites for hydroxylation is 1. The second-order valence-electron chi connectivity index (χ2n) is 4.41. The zero-order valence-corrected chi connectivity index (χ0v) is 9.92. The van der Waals surface area contributed by atoms with E-state index < -0.39 is 0 Å². The van der Waals surface area contributed by atoms with E-state index in [0.29, 0.717) is 11.1 Å². The van der Waals surface area contributed by atoms with Gasteiger partial charge in [0.1, 0.15) is 5.82 Å². The van der Waals surface area contributed by atoms with E-state index in [1.165, 1.54) is 0 Å². The molecular formula is C13H17FN2O. The fourth-order valence-electron chi connectivity index (χ4n) is 2.06. The van der Waals surface area contributed by atoms with E-state index in [1.807, 2.05) is 0 Å². The summed E-state index contributed by atoms with van der Waals surface area (Å²) in [4.78, 5) is 11.7. The van der Waals surface area contributed by atoms with Crippen molar-refractivity contribution in [1.82, 2.24) is 10.6 Å². The topological polar surface area (TPSA) is 41.1 Å². The lowest BCUT2D eigenvalue weighted by Gasteiger charge is -2.12. The molecule has 0 radical (unpaired) electrons. The summed E-state index contributed by atoms with van der Waals surface area (Å²) in [6.45, 7) is 2.86. The summed E-state index contributed by atoms with van der Waals surface area (Å²) in [6, 6.07) is 5.11. The number of hydrogen-bond acceptors (Lipinski definition) is 2. The van der Waals surface area contributed by atoms with Crippen LogP contribution >= 0.6 is 0 Å². The molecule has 2 rings (SSSR count). The first-order valence-electron chi connectivity index (χ1n) is 5.93. The molecule has 17 heavy (non-hydrogen) atoms. The molecule has 1 aliphatic heterocycles. The molecule has 0 spiro atoms. The summed E-state index contributed by atoms with van der Waals surface area (Å²) in [5, 5.41) is 5.88. The Labute approximate surface area is 100 Å². The molecule has 0 aliphatic carbocycles. The van der Waals surface area contributed by atoms with Gasteiger partial charge in [-0.25, -0.2) is 4.39 Å². The van der Waals surface area contributed by atoms with Gasteiger partial charge in [-0.05, 0) is 31.9 Å². The van der Waals surface area contributed by atoms with Crippen molar-refractivity contribution >= 4 is 5.91 Å². The first kappa shape index (κ1) is 12.0. The minimum absolute atomic E-state index is 0.0385. The third kappa shape index (κ3) is 2.82. The van der Waals surface area contributed by atoms with Gasteiger partial charge in [-0.2, -0.15) is 0 Å². The largest absolute Gasteiger partial charge is 0.351 e. The molecule has 3 nitrogen and oxygen atoms in total. The van der Waals surface area contributed by atoms with E-state index in [1.54, 1.807) is 25.1 Å². The highest BCUT2D eigenvalue weighted by molar-refractivity contribution is 5.81. The van der Waals surface area contributed by atoms with Gasteiger partial charge in [-0.15, -0.1) is 0 Å². The maximum atomic E-state index is 13.7. The van der Waals surface area contributed by atoms with Gasteiger partial charge in [0.2, 0.25) is 5.91 Å². The molecule has 1 heterocycles. The average Bonchev–Trinajstić information content (AvgIpc) is 2.84. The number of amides is 1.